The Kier molecular flexibility index (Phi) is 6.58. The van der Waals surface area contributed by atoms with Gasteiger partial charge in [0.05, 0.1) is 6.67 Å². The first-order valence-electron chi connectivity index (χ1n) is 9.74. The normalized spacial score (nSPS) is 19.6. The molecular formula is C20H26Cl2N4O3. The molecule has 2 fully saturated rings. The third-order valence-electron chi connectivity index (χ3n) is 5.74. The van der Waals surface area contributed by atoms with Crippen LogP contribution in [0, 0.1) is 5.92 Å². The molecule has 2 saturated heterocycles. The van der Waals surface area contributed by atoms with Crippen molar-refractivity contribution >= 4 is 46.6 Å². The topological polar surface area (TPSA) is 81.8 Å². The molecule has 0 radical (unpaired) electrons. The summed E-state index contributed by atoms with van der Waals surface area (Å²) in [5, 5.41) is 5.58. The molecule has 2 aliphatic rings. The molecule has 1 atom stereocenters. The van der Waals surface area contributed by atoms with E-state index in [4.69, 9.17) is 23.2 Å². The lowest BCUT2D eigenvalue weighted by atomic mass is 9.85. The maximum atomic E-state index is 13.0. The first-order valence-corrected chi connectivity index (χ1v) is 10.6. The number of benzene rings is 1. The zero-order valence-corrected chi connectivity index (χ0v) is 18.0. The second-order valence-electron chi connectivity index (χ2n) is 7.82. The summed E-state index contributed by atoms with van der Waals surface area (Å²) >= 11 is 11.2. The number of likely N-dealkylation sites (tertiary alicyclic amines) is 1. The van der Waals surface area contributed by atoms with Crippen LogP contribution in [0.4, 0.5) is 5.69 Å². The number of nitrogens with one attached hydrogen (secondary N) is 2. The Bertz CT molecular complexity index is 764. The average molecular weight is 441 g/mol. The number of carbonyl (C=O) groups is 3. The molecule has 158 valence electrons. The smallest absolute Gasteiger partial charge is 0.253 e. The average Bonchev–Trinajstić information content (AvgIpc) is 3.02. The van der Waals surface area contributed by atoms with Gasteiger partial charge in [0.2, 0.25) is 11.8 Å². The van der Waals surface area contributed by atoms with Gasteiger partial charge in [-0.25, -0.2) is 0 Å². The SMILES string of the molecule is CC(C)C(NC(=O)C(Cl)Cl)C(=O)N1CCC2(CC1)C(=O)NCN2c1ccccc1. The fourth-order valence-corrected chi connectivity index (χ4v) is 4.18. The van der Waals surface area contributed by atoms with Crippen LogP contribution in [-0.2, 0) is 14.4 Å². The standard InChI is InChI=1S/C20H26Cl2N4O3/c1-13(2)15(24-17(27)16(21)22)18(28)25-10-8-20(9-11-25)19(29)23-12-26(20)14-6-4-3-5-7-14/h3-7,13,15-16H,8-12H2,1-2H3,(H,23,29)(H,24,27). The van der Waals surface area contributed by atoms with Crippen molar-refractivity contribution in [3.63, 3.8) is 0 Å². The van der Waals surface area contributed by atoms with Gasteiger partial charge in [0, 0.05) is 18.8 Å². The van der Waals surface area contributed by atoms with Gasteiger partial charge in [0.1, 0.15) is 11.6 Å². The number of halogens is 2. The van der Waals surface area contributed by atoms with Gasteiger partial charge in [-0.05, 0) is 30.9 Å². The maximum Gasteiger partial charge on any atom is 0.253 e. The highest BCUT2D eigenvalue weighted by Crippen LogP contribution is 2.36. The lowest BCUT2D eigenvalue weighted by Crippen LogP contribution is -2.60. The van der Waals surface area contributed by atoms with E-state index in [-0.39, 0.29) is 17.7 Å². The molecule has 1 spiro atoms. The van der Waals surface area contributed by atoms with Crippen molar-refractivity contribution < 1.29 is 14.4 Å². The summed E-state index contributed by atoms with van der Waals surface area (Å²) in [6, 6.07) is 9.09. The Hall–Kier alpha value is -1.99. The molecule has 0 aliphatic carbocycles. The molecule has 0 bridgehead atoms. The lowest BCUT2D eigenvalue weighted by molar-refractivity contribution is -0.140. The Morgan fingerprint density at radius 3 is 2.31 bits per heavy atom. The van der Waals surface area contributed by atoms with Crippen molar-refractivity contribution in [2.75, 3.05) is 24.7 Å². The minimum Gasteiger partial charge on any atom is -0.342 e. The Morgan fingerprint density at radius 2 is 1.76 bits per heavy atom. The summed E-state index contributed by atoms with van der Waals surface area (Å²) in [6.45, 7) is 5.02. The van der Waals surface area contributed by atoms with Gasteiger partial charge in [-0.1, -0.05) is 55.2 Å². The molecule has 2 aliphatic heterocycles. The Labute approximate surface area is 180 Å². The number of nitrogens with zero attached hydrogens (tertiary/aromatic N) is 2. The summed E-state index contributed by atoms with van der Waals surface area (Å²) in [4.78, 5) is 40.2. The maximum absolute atomic E-state index is 13.0. The van der Waals surface area contributed by atoms with Crippen LogP contribution in [0.3, 0.4) is 0 Å². The number of alkyl halides is 2. The number of para-hydroxylation sites is 1. The molecule has 0 saturated carbocycles. The van der Waals surface area contributed by atoms with E-state index in [2.05, 4.69) is 15.5 Å². The first kappa shape index (κ1) is 21.7. The summed E-state index contributed by atoms with van der Waals surface area (Å²) in [6.07, 6.45) is 1.04. The van der Waals surface area contributed by atoms with Crippen LogP contribution in [0.2, 0.25) is 0 Å². The van der Waals surface area contributed by atoms with Crippen molar-refractivity contribution in [2.45, 2.75) is 43.1 Å². The van der Waals surface area contributed by atoms with E-state index in [0.717, 1.165) is 5.69 Å². The van der Waals surface area contributed by atoms with Crippen LogP contribution in [-0.4, -0.2) is 58.8 Å². The predicted molar refractivity (Wildman–Crippen MR) is 113 cm³/mol. The molecule has 1 aromatic rings. The summed E-state index contributed by atoms with van der Waals surface area (Å²) in [5.41, 5.74) is 0.319. The molecule has 3 amide bonds. The van der Waals surface area contributed by atoms with Gasteiger partial charge < -0.3 is 20.4 Å². The molecule has 2 heterocycles. The molecule has 1 unspecified atom stereocenters. The van der Waals surface area contributed by atoms with Gasteiger partial charge >= 0.3 is 0 Å². The zero-order chi connectivity index (χ0) is 21.2. The number of carbonyl (C=O) groups excluding carboxylic acids is 3. The molecule has 29 heavy (non-hydrogen) atoms. The molecule has 3 rings (SSSR count). The van der Waals surface area contributed by atoms with Crippen LogP contribution in [0.25, 0.3) is 0 Å². The summed E-state index contributed by atoms with van der Waals surface area (Å²) in [7, 11) is 0. The van der Waals surface area contributed by atoms with Crippen molar-refractivity contribution in [3.05, 3.63) is 30.3 Å². The van der Waals surface area contributed by atoms with Gasteiger partial charge in [0.25, 0.3) is 5.91 Å². The Morgan fingerprint density at radius 1 is 1.14 bits per heavy atom. The monoisotopic (exact) mass is 440 g/mol. The highest BCUT2D eigenvalue weighted by Gasteiger charge is 2.51. The fourth-order valence-electron chi connectivity index (χ4n) is 4.06. The summed E-state index contributed by atoms with van der Waals surface area (Å²) < 4.78 is 0. The lowest BCUT2D eigenvalue weighted by Gasteiger charge is -2.44. The van der Waals surface area contributed by atoms with Gasteiger partial charge in [-0.3, -0.25) is 14.4 Å². The van der Waals surface area contributed by atoms with Crippen molar-refractivity contribution in [2.24, 2.45) is 5.92 Å². The van der Waals surface area contributed by atoms with E-state index in [0.29, 0.717) is 32.6 Å². The highest BCUT2D eigenvalue weighted by molar-refractivity contribution is 6.53. The number of hydrogen-bond donors (Lipinski definition) is 2. The van der Waals surface area contributed by atoms with Crippen LogP contribution in [0.15, 0.2) is 30.3 Å². The van der Waals surface area contributed by atoms with E-state index < -0.39 is 22.3 Å². The number of piperidine rings is 1. The predicted octanol–water partition coefficient (Wildman–Crippen LogP) is 1.89. The number of anilines is 1. The van der Waals surface area contributed by atoms with Crippen LogP contribution < -0.4 is 15.5 Å². The highest BCUT2D eigenvalue weighted by atomic mass is 35.5. The minimum atomic E-state index is -1.23. The van der Waals surface area contributed by atoms with Gasteiger partial charge in [-0.2, -0.15) is 0 Å². The number of hydrogen-bond acceptors (Lipinski definition) is 4. The number of amides is 3. The largest absolute Gasteiger partial charge is 0.342 e. The van der Waals surface area contributed by atoms with E-state index in [9.17, 15) is 14.4 Å². The Balaban J connectivity index is 1.72. The van der Waals surface area contributed by atoms with Gasteiger partial charge in [-0.15, -0.1) is 0 Å². The molecule has 9 heteroatoms. The first-order chi connectivity index (χ1) is 13.8. The number of rotatable bonds is 5. The molecule has 2 N–H and O–H groups in total. The van der Waals surface area contributed by atoms with E-state index in [1.54, 1.807) is 4.90 Å². The van der Waals surface area contributed by atoms with Crippen molar-refractivity contribution in [3.8, 4) is 0 Å². The molecule has 0 aromatic heterocycles. The molecule has 7 nitrogen and oxygen atoms in total. The minimum absolute atomic E-state index is 0.00529. The van der Waals surface area contributed by atoms with Crippen LogP contribution in [0.5, 0.6) is 0 Å². The fraction of sp³-hybridized carbons (Fsp3) is 0.550. The third-order valence-corrected chi connectivity index (χ3v) is 6.13. The second kappa shape index (κ2) is 8.79. The molecular weight excluding hydrogens is 415 g/mol. The van der Waals surface area contributed by atoms with E-state index in [1.165, 1.54) is 0 Å². The summed E-state index contributed by atoms with van der Waals surface area (Å²) in [5.74, 6) is -0.888. The quantitative estimate of drug-likeness (QED) is 0.684. The molecule has 1 aromatic carbocycles. The third kappa shape index (κ3) is 4.31. The van der Waals surface area contributed by atoms with Gasteiger partial charge in [0.15, 0.2) is 4.84 Å². The van der Waals surface area contributed by atoms with E-state index >= 15 is 0 Å². The second-order valence-corrected chi connectivity index (χ2v) is 8.91. The van der Waals surface area contributed by atoms with Crippen molar-refractivity contribution in [1.29, 1.82) is 0 Å². The van der Waals surface area contributed by atoms with Crippen molar-refractivity contribution in [1.82, 2.24) is 15.5 Å². The van der Waals surface area contributed by atoms with E-state index in [1.807, 2.05) is 44.2 Å². The van der Waals surface area contributed by atoms with Crippen LogP contribution >= 0.6 is 23.2 Å². The zero-order valence-electron chi connectivity index (χ0n) is 16.5. The van der Waals surface area contributed by atoms with Crippen LogP contribution in [0.1, 0.15) is 26.7 Å².